The van der Waals surface area contributed by atoms with Crippen molar-refractivity contribution in [1.29, 1.82) is 5.41 Å². The van der Waals surface area contributed by atoms with E-state index in [1.54, 1.807) is 54.7 Å². The number of sulfone groups is 1. The first-order valence-corrected chi connectivity index (χ1v) is 12.3. The Labute approximate surface area is 194 Å². The zero-order valence-corrected chi connectivity index (χ0v) is 19.3. The van der Waals surface area contributed by atoms with Crippen LogP contribution in [-0.4, -0.2) is 31.9 Å². The number of hydrogen-bond donors (Lipinski definition) is 4. The Balaban J connectivity index is 0.00000385. The first kappa shape index (κ1) is 23.3. The van der Waals surface area contributed by atoms with E-state index in [0.717, 1.165) is 18.8 Å². The smallest absolute Gasteiger partial charge is 0.175 e. The van der Waals surface area contributed by atoms with E-state index in [1.807, 2.05) is 6.07 Å². The summed E-state index contributed by atoms with van der Waals surface area (Å²) in [6.07, 6.45) is 3.89. The van der Waals surface area contributed by atoms with Crippen LogP contribution in [0.1, 0.15) is 35.7 Å². The lowest BCUT2D eigenvalue weighted by molar-refractivity contribution is 0.602. The summed E-state index contributed by atoms with van der Waals surface area (Å²) in [7, 11) is -3.30. The predicted octanol–water partition coefficient (Wildman–Crippen LogP) is 5.42. The number of nitrogen functional groups attached to an aromatic ring is 1. The number of pyridine rings is 1. The minimum atomic E-state index is -3.30. The summed E-state index contributed by atoms with van der Waals surface area (Å²) < 4.78 is 23.7. The second kappa shape index (κ2) is 9.82. The highest BCUT2D eigenvalue weighted by Crippen LogP contribution is 2.25. The molecule has 174 valence electrons. The fraction of sp³-hybridized carbons (Fsp3) is 0.250. The first-order valence-electron chi connectivity index (χ1n) is 10.4. The number of aromatic nitrogens is 1. The number of rotatable bonds is 9. The third-order valence-corrected chi connectivity index (χ3v) is 6.06. The number of anilines is 4. The molecule has 0 aliphatic heterocycles. The van der Waals surface area contributed by atoms with Crippen molar-refractivity contribution in [2.45, 2.75) is 25.2 Å². The van der Waals surface area contributed by atoms with Crippen molar-refractivity contribution in [3.63, 3.8) is 0 Å². The number of benzene rings is 2. The molecule has 1 heterocycles. The Morgan fingerprint density at radius 3 is 2.59 bits per heavy atom. The lowest BCUT2D eigenvalue weighted by Crippen LogP contribution is -2.09. The lowest BCUT2D eigenvalue weighted by atomic mass is 10.0. The van der Waals surface area contributed by atoms with E-state index in [9.17, 15) is 8.42 Å². The second-order valence-electron chi connectivity index (χ2n) is 8.14. The number of hydrogen-bond acceptors (Lipinski definition) is 7. The molecule has 3 rings (SSSR count). The third kappa shape index (κ3) is 6.07. The molecular formula is C24H35N5O2S. The van der Waals surface area contributed by atoms with Crippen LogP contribution in [-0.2, 0) is 9.84 Å². The molecule has 0 aliphatic carbocycles. The molecule has 0 atom stereocenters. The minimum absolute atomic E-state index is 0. The van der Waals surface area contributed by atoms with Crippen molar-refractivity contribution in [1.82, 2.24) is 4.98 Å². The molecule has 0 spiro atoms. The lowest BCUT2D eigenvalue weighted by Gasteiger charge is -2.13. The van der Waals surface area contributed by atoms with Crippen LogP contribution >= 0.6 is 0 Å². The van der Waals surface area contributed by atoms with Gasteiger partial charge in [0.15, 0.2) is 9.84 Å². The van der Waals surface area contributed by atoms with Gasteiger partial charge >= 0.3 is 0 Å². The highest BCUT2D eigenvalue weighted by molar-refractivity contribution is 7.90. The summed E-state index contributed by atoms with van der Waals surface area (Å²) in [5, 5.41) is 15.2. The van der Waals surface area contributed by atoms with Gasteiger partial charge in [0.2, 0.25) is 0 Å². The van der Waals surface area contributed by atoms with E-state index in [1.165, 1.54) is 6.26 Å². The Morgan fingerprint density at radius 1 is 1.12 bits per heavy atom. The van der Waals surface area contributed by atoms with Crippen LogP contribution in [0.15, 0.2) is 65.7 Å². The van der Waals surface area contributed by atoms with Gasteiger partial charge in [0.05, 0.1) is 10.6 Å². The fourth-order valence-corrected chi connectivity index (χ4v) is 3.82. The maximum Gasteiger partial charge on any atom is 0.175 e. The molecule has 0 aliphatic rings. The Morgan fingerprint density at radius 2 is 1.88 bits per heavy atom. The highest BCUT2D eigenvalue weighted by atomic mass is 32.2. The van der Waals surface area contributed by atoms with Crippen molar-refractivity contribution in [3.05, 3.63) is 71.9 Å². The van der Waals surface area contributed by atoms with E-state index >= 15 is 0 Å². The SMILES string of the molecule is CC(C)CCNc1cc(C(=N)c2cc(Nc3cccc(S(C)(=O)=O)c3)ccc2N)ccn1.[HH].[HH].[HH]. The van der Waals surface area contributed by atoms with Crippen molar-refractivity contribution in [3.8, 4) is 0 Å². The van der Waals surface area contributed by atoms with Gasteiger partial charge in [0, 0.05) is 51.5 Å². The Hall–Kier alpha value is -3.39. The molecule has 0 unspecified atom stereocenters. The normalized spacial score (nSPS) is 11.4. The van der Waals surface area contributed by atoms with Crippen LogP contribution in [0.3, 0.4) is 0 Å². The van der Waals surface area contributed by atoms with Crippen LogP contribution < -0.4 is 16.4 Å². The molecule has 32 heavy (non-hydrogen) atoms. The summed E-state index contributed by atoms with van der Waals surface area (Å²) in [6.45, 7) is 5.15. The molecule has 0 bridgehead atoms. The van der Waals surface area contributed by atoms with Gasteiger partial charge in [-0.15, -0.1) is 0 Å². The fourth-order valence-electron chi connectivity index (χ4n) is 3.15. The molecule has 5 N–H and O–H groups in total. The first-order chi connectivity index (χ1) is 15.1. The average Bonchev–Trinajstić information content (AvgIpc) is 2.74. The third-order valence-electron chi connectivity index (χ3n) is 4.95. The molecular weight excluding hydrogens is 422 g/mol. The van der Waals surface area contributed by atoms with E-state index in [0.29, 0.717) is 34.1 Å². The van der Waals surface area contributed by atoms with Gasteiger partial charge in [-0.05, 0) is 60.9 Å². The van der Waals surface area contributed by atoms with E-state index in [4.69, 9.17) is 11.1 Å². The summed E-state index contributed by atoms with van der Waals surface area (Å²) in [5.41, 5.74) is 9.56. The van der Waals surface area contributed by atoms with E-state index in [2.05, 4.69) is 29.5 Å². The molecule has 0 radical (unpaired) electrons. The summed E-state index contributed by atoms with van der Waals surface area (Å²) in [5.74, 6) is 1.32. The van der Waals surface area contributed by atoms with Crippen molar-refractivity contribution >= 4 is 38.4 Å². The molecule has 1 aromatic heterocycles. The van der Waals surface area contributed by atoms with Crippen molar-refractivity contribution in [2.75, 3.05) is 29.2 Å². The molecule has 3 aromatic rings. The van der Waals surface area contributed by atoms with Gasteiger partial charge in [-0.3, -0.25) is 5.41 Å². The number of nitrogens with two attached hydrogens (primary N) is 1. The van der Waals surface area contributed by atoms with E-state index in [-0.39, 0.29) is 14.9 Å². The topological polar surface area (TPSA) is 121 Å². The van der Waals surface area contributed by atoms with Crippen LogP contribution in [0.4, 0.5) is 22.9 Å². The largest absolute Gasteiger partial charge is 0.398 e. The molecule has 7 nitrogen and oxygen atoms in total. The molecule has 0 saturated heterocycles. The molecule has 2 aromatic carbocycles. The summed E-state index contributed by atoms with van der Waals surface area (Å²) in [4.78, 5) is 4.57. The minimum Gasteiger partial charge on any atom is -0.398 e. The Bertz CT molecular complexity index is 1240. The van der Waals surface area contributed by atoms with Crippen LogP contribution in [0, 0.1) is 11.3 Å². The van der Waals surface area contributed by atoms with Gasteiger partial charge in [-0.25, -0.2) is 13.4 Å². The van der Waals surface area contributed by atoms with Gasteiger partial charge in [0.25, 0.3) is 0 Å². The summed E-state index contributed by atoms with van der Waals surface area (Å²) >= 11 is 0. The molecule has 0 fully saturated rings. The van der Waals surface area contributed by atoms with Crippen LogP contribution in [0.5, 0.6) is 0 Å². The zero-order chi connectivity index (χ0) is 23.3. The molecule has 0 saturated carbocycles. The summed E-state index contributed by atoms with van der Waals surface area (Å²) in [6, 6.07) is 15.5. The standard InChI is InChI=1S/C24H29N5O2S.3H2/c1-16(2)9-11-27-23-13-17(10-12-28-23)24(26)21-15-19(7-8-22(21)25)29-18-5-4-6-20(14-18)32(3,30)31;;;/h4-8,10,12-16,26,29H,9,11,25H2,1-3H3,(H,27,28);3*1H. The van der Waals surface area contributed by atoms with Crippen LogP contribution in [0.25, 0.3) is 0 Å². The van der Waals surface area contributed by atoms with Crippen molar-refractivity contribution in [2.24, 2.45) is 5.92 Å². The quantitative estimate of drug-likeness (QED) is 0.251. The highest BCUT2D eigenvalue weighted by Gasteiger charge is 2.12. The van der Waals surface area contributed by atoms with E-state index < -0.39 is 9.84 Å². The van der Waals surface area contributed by atoms with Crippen LogP contribution in [0.2, 0.25) is 0 Å². The van der Waals surface area contributed by atoms with Gasteiger partial charge in [-0.1, -0.05) is 19.9 Å². The van der Waals surface area contributed by atoms with Gasteiger partial charge in [0.1, 0.15) is 5.82 Å². The van der Waals surface area contributed by atoms with Crippen molar-refractivity contribution < 1.29 is 12.7 Å². The molecule has 8 heteroatoms. The van der Waals surface area contributed by atoms with Gasteiger partial charge < -0.3 is 16.4 Å². The molecule has 0 amide bonds. The predicted molar refractivity (Wildman–Crippen MR) is 138 cm³/mol. The number of nitrogens with one attached hydrogen (secondary N) is 3. The number of nitrogens with zero attached hydrogens (tertiary/aromatic N) is 1. The zero-order valence-electron chi connectivity index (χ0n) is 18.5. The maximum atomic E-state index is 11.8. The second-order valence-corrected chi connectivity index (χ2v) is 10.2. The average molecular weight is 458 g/mol. The Kier molecular flexibility index (Phi) is 7.15. The van der Waals surface area contributed by atoms with Gasteiger partial charge in [-0.2, -0.15) is 0 Å². The maximum absolute atomic E-state index is 11.8. The monoisotopic (exact) mass is 457 g/mol.